The number of benzene rings is 1. The van der Waals surface area contributed by atoms with Gasteiger partial charge in [0.1, 0.15) is 12.4 Å². The highest BCUT2D eigenvalue weighted by Gasteiger charge is 2.41. The van der Waals surface area contributed by atoms with E-state index in [1.165, 1.54) is 29.2 Å². The molecule has 0 saturated carbocycles. The van der Waals surface area contributed by atoms with Crippen molar-refractivity contribution >= 4 is 17.8 Å². The molecule has 2 fully saturated rings. The Bertz CT molecular complexity index is 1350. The maximum Gasteiger partial charge on any atom is 0.318 e. The standard InChI is InChI=1S/C31H36N6O2/c1-3-28(38)37-18-17-36(20-23(37)12-15-32)29-25-11-14-31(13-10-22-7-4-5-9-26(22)31)19-27(25)33-30(34-29)39-21-24-8-6-16-35(24)2/h3-5,7,9-10,13,23-24H,1,6,8,11-12,14,16-21H2,2H3. The first-order valence-corrected chi connectivity index (χ1v) is 14.1. The number of ether oxygens (including phenoxy) is 1. The lowest BCUT2D eigenvalue weighted by Crippen LogP contribution is -2.55. The van der Waals surface area contributed by atoms with E-state index in [9.17, 15) is 10.1 Å². The Morgan fingerprint density at radius 2 is 2.13 bits per heavy atom. The first-order chi connectivity index (χ1) is 19.0. The number of hydrogen-bond donors (Lipinski definition) is 0. The van der Waals surface area contributed by atoms with E-state index in [2.05, 4.69) is 65.9 Å². The van der Waals surface area contributed by atoms with E-state index in [1.54, 1.807) is 4.90 Å². The average molecular weight is 525 g/mol. The summed E-state index contributed by atoms with van der Waals surface area (Å²) in [6.45, 7) is 7.03. The van der Waals surface area contributed by atoms with Gasteiger partial charge in [-0.05, 0) is 56.5 Å². The minimum absolute atomic E-state index is 0.0590. The maximum absolute atomic E-state index is 12.5. The van der Waals surface area contributed by atoms with Gasteiger partial charge in [-0.1, -0.05) is 43.0 Å². The van der Waals surface area contributed by atoms with Crippen LogP contribution in [0, 0.1) is 11.3 Å². The molecule has 0 bridgehead atoms. The summed E-state index contributed by atoms with van der Waals surface area (Å²) in [6.07, 6.45) is 11.2. The second-order valence-corrected chi connectivity index (χ2v) is 11.3. The first-order valence-electron chi connectivity index (χ1n) is 14.1. The van der Waals surface area contributed by atoms with E-state index < -0.39 is 0 Å². The molecule has 8 heteroatoms. The van der Waals surface area contributed by atoms with Crippen LogP contribution in [0.5, 0.6) is 6.01 Å². The lowest BCUT2D eigenvalue weighted by atomic mass is 9.70. The minimum Gasteiger partial charge on any atom is -0.462 e. The molecule has 2 aliphatic carbocycles. The number of likely N-dealkylation sites (N-methyl/N-ethyl adjacent to an activating group) is 1. The minimum atomic E-state index is -0.212. The highest BCUT2D eigenvalue weighted by atomic mass is 16.5. The number of amides is 1. The molecule has 0 radical (unpaired) electrons. The van der Waals surface area contributed by atoms with E-state index >= 15 is 0 Å². The number of aromatic nitrogens is 2. The number of nitriles is 1. The van der Waals surface area contributed by atoms with Crippen LogP contribution in [-0.4, -0.2) is 77.6 Å². The summed E-state index contributed by atoms with van der Waals surface area (Å²) in [7, 11) is 2.15. The summed E-state index contributed by atoms with van der Waals surface area (Å²) >= 11 is 0. The first kappa shape index (κ1) is 25.6. The molecule has 6 rings (SSSR count). The molecule has 3 atom stereocenters. The molecule has 39 heavy (non-hydrogen) atoms. The third-order valence-corrected chi connectivity index (χ3v) is 9.08. The highest BCUT2D eigenvalue weighted by Crippen LogP contribution is 2.46. The Morgan fingerprint density at radius 3 is 2.92 bits per heavy atom. The predicted molar refractivity (Wildman–Crippen MR) is 150 cm³/mol. The summed E-state index contributed by atoms with van der Waals surface area (Å²) in [6, 6.07) is 11.5. The van der Waals surface area contributed by atoms with E-state index in [0.29, 0.717) is 38.3 Å². The zero-order valence-corrected chi connectivity index (χ0v) is 22.7. The monoisotopic (exact) mass is 524 g/mol. The molecule has 1 aromatic carbocycles. The third kappa shape index (κ3) is 4.70. The van der Waals surface area contributed by atoms with Crippen molar-refractivity contribution in [1.82, 2.24) is 19.8 Å². The van der Waals surface area contributed by atoms with Crippen LogP contribution < -0.4 is 9.64 Å². The number of fused-ring (bicyclic) bond motifs is 3. The molecule has 2 aromatic rings. The lowest BCUT2D eigenvalue weighted by molar-refractivity contribution is -0.128. The van der Waals surface area contributed by atoms with Crippen molar-refractivity contribution < 1.29 is 9.53 Å². The zero-order valence-electron chi connectivity index (χ0n) is 22.7. The second-order valence-electron chi connectivity index (χ2n) is 11.3. The molecule has 3 unspecified atom stereocenters. The van der Waals surface area contributed by atoms with Crippen molar-refractivity contribution in [3.8, 4) is 12.1 Å². The predicted octanol–water partition coefficient (Wildman–Crippen LogP) is 3.52. The van der Waals surface area contributed by atoms with E-state index in [1.807, 2.05) is 0 Å². The van der Waals surface area contributed by atoms with E-state index in [-0.39, 0.29) is 23.8 Å². The molecule has 202 valence electrons. The van der Waals surface area contributed by atoms with Gasteiger partial charge in [0.05, 0.1) is 24.2 Å². The van der Waals surface area contributed by atoms with Crippen molar-refractivity contribution in [2.24, 2.45) is 0 Å². The van der Waals surface area contributed by atoms with Gasteiger partial charge >= 0.3 is 6.01 Å². The quantitative estimate of drug-likeness (QED) is 0.535. The van der Waals surface area contributed by atoms with Gasteiger partial charge in [-0.15, -0.1) is 0 Å². The lowest BCUT2D eigenvalue weighted by Gasteiger charge is -2.42. The number of anilines is 1. The molecule has 1 aromatic heterocycles. The summed E-state index contributed by atoms with van der Waals surface area (Å²) in [5.41, 5.74) is 4.82. The van der Waals surface area contributed by atoms with Crippen LogP contribution >= 0.6 is 0 Å². The van der Waals surface area contributed by atoms with Gasteiger partial charge in [0, 0.05) is 43.1 Å². The zero-order chi connectivity index (χ0) is 27.0. The second kappa shape index (κ2) is 10.5. The number of hydrogen-bond acceptors (Lipinski definition) is 7. The number of likely N-dealkylation sites (tertiary alicyclic amines) is 1. The van der Waals surface area contributed by atoms with Gasteiger partial charge in [0.15, 0.2) is 0 Å². The van der Waals surface area contributed by atoms with Crippen molar-refractivity contribution in [2.45, 2.75) is 56.0 Å². The van der Waals surface area contributed by atoms with Gasteiger partial charge in [-0.3, -0.25) is 4.79 Å². The number of carbonyl (C=O) groups excluding carboxylic acids is 1. The summed E-state index contributed by atoms with van der Waals surface area (Å²) in [5.74, 6) is 0.770. The Kier molecular flexibility index (Phi) is 6.86. The van der Waals surface area contributed by atoms with Crippen LogP contribution in [-0.2, 0) is 23.1 Å². The molecule has 1 spiro atoms. The molecule has 4 aliphatic rings. The molecular formula is C31H36N6O2. The van der Waals surface area contributed by atoms with Crippen molar-refractivity contribution in [1.29, 1.82) is 5.26 Å². The Labute approximate surface area is 230 Å². The van der Waals surface area contributed by atoms with Gasteiger partial charge in [-0.25, -0.2) is 0 Å². The number of piperazine rings is 1. The van der Waals surface area contributed by atoms with Crippen LogP contribution in [0.4, 0.5) is 5.82 Å². The third-order valence-electron chi connectivity index (χ3n) is 9.08. The van der Waals surface area contributed by atoms with E-state index in [4.69, 9.17) is 14.7 Å². The average Bonchev–Trinajstić information content (AvgIpc) is 3.54. The van der Waals surface area contributed by atoms with Crippen LogP contribution in [0.15, 0.2) is 43.0 Å². The molecule has 2 aliphatic heterocycles. The fourth-order valence-corrected chi connectivity index (χ4v) is 6.86. The number of rotatable bonds is 6. The Hall–Kier alpha value is -3.70. The summed E-state index contributed by atoms with van der Waals surface area (Å²) in [5, 5.41) is 9.49. The maximum atomic E-state index is 12.5. The molecular weight excluding hydrogens is 488 g/mol. The SMILES string of the molecule is C=CC(=O)N1CCN(c2nc(OCC3CCCN3C)nc3c2CCC2(C=Cc4ccccc42)C3)CC1CC#N. The van der Waals surface area contributed by atoms with Crippen LogP contribution in [0.1, 0.15) is 48.1 Å². The smallest absolute Gasteiger partial charge is 0.318 e. The molecule has 1 amide bonds. The number of carbonyl (C=O) groups is 1. The Balaban J connectivity index is 1.34. The molecule has 8 nitrogen and oxygen atoms in total. The molecule has 2 saturated heterocycles. The van der Waals surface area contributed by atoms with Gasteiger partial charge in [0.2, 0.25) is 5.91 Å². The van der Waals surface area contributed by atoms with Crippen molar-refractivity contribution in [3.05, 3.63) is 65.4 Å². The summed E-state index contributed by atoms with van der Waals surface area (Å²) in [4.78, 5) is 28.8. The number of allylic oxidation sites excluding steroid dienone is 1. The largest absolute Gasteiger partial charge is 0.462 e. The van der Waals surface area contributed by atoms with Crippen molar-refractivity contribution in [3.63, 3.8) is 0 Å². The van der Waals surface area contributed by atoms with Gasteiger partial charge < -0.3 is 19.4 Å². The summed E-state index contributed by atoms with van der Waals surface area (Å²) < 4.78 is 6.29. The fraction of sp³-hybridized carbons (Fsp3) is 0.484. The van der Waals surface area contributed by atoms with Crippen LogP contribution in [0.25, 0.3) is 6.08 Å². The molecule has 3 heterocycles. The van der Waals surface area contributed by atoms with Crippen molar-refractivity contribution in [2.75, 3.05) is 44.7 Å². The highest BCUT2D eigenvalue weighted by molar-refractivity contribution is 5.87. The van der Waals surface area contributed by atoms with Gasteiger partial charge in [0.25, 0.3) is 0 Å². The van der Waals surface area contributed by atoms with Gasteiger partial charge in [-0.2, -0.15) is 15.2 Å². The normalized spacial score (nSPS) is 25.8. The van der Waals surface area contributed by atoms with Crippen LogP contribution in [0.2, 0.25) is 0 Å². The number of nitrogens with zero attached hydrogens (tertiary/aromatic N) is 6. The topological polar surface area (TPSA) is 85.6 Å². The fourth-order valence-electron chi connectivity index (χ4n) is 6.86. The Morgan fingerprint density at radius 1 is 1.26 bits per heavy atom. The molecule has 0 N–H and O–H groups in total. The van der Waals surface area contributed by atoms with Crippen LogP contribution in [0.3, 0.4) is 0 Å². The van der Waals surface area contributed by atoms with E-state index in [0.717, 1.165) is 43.7 Å².